The van der Waals surface area contributed by atoms with E-state index in [4.69, 9.17) is 20.8 Å². The Bertz CT molecular complexity index is 488. The van der Waals surface area contributed by atoms with E-state index in [-0.39, 0.29) is 5.38 Å². The maximum atomic E-state index is 5.82. The summed E-state index contributed by atoms with van der Waals surface area (Å²) in [6.07, 6.45) is 0.836. The molecule has 0 aliphatic carbocycles. The Morgan fingerprint density at radius 2 is 2.11 bits per heavy atom. The van der Waals surface area contributed by atoms with E-state index >= 15 is 0 Å². The van der Waals surface area contributed by atoms with Gasteiger partial charge < -0.3 is 14.5 Å². The number of halogens is 1. The van der Waals surface area contributed by atoms with E-state index in [9.17, 15) is 0 Å². The predicted octanol–water partition coefficient (Wildman–Crippen LogP) is 3.25. The minimum atomic E-state index is -0.274. The summed E-state index contributed by atoms with van der Waals surface area (Å²) in [5.41, 5.74) is 0. The predicted molar refractivity (Wildman–Crippen MR) is 73.6 cm³/mol. The highest BCUT2D eigenvalue weighted by Gasteiger charge is 2.10. The minimum absolute atomic E-state index is 0.274. The normalized spacial score (nSPS) is 12.1. The van der Waals surface area contributed by atoms with Crippen molar-refractivity contribution in [2.45, 2.75) is 18.7 Å². The molecule has 1 unspecified atom stereocenters. The molecule has 0 saturated carbocycles. The van der Waals surface area contributed by atoms with Crippen LogP contribution in [0.5, 0.6) is 5.75 Å². The molecule has 0 aliphatic heterocycles. The molecule has 102 valence electrons. The first-order valence-corrected chi connectivity index (χ1v) is 6.58. The second-order valence-corrected chi connectivity index (χ2v) is 4.66. The number of ether oxygens (including phenoxy) is 1. The SMILES string of the molecule is CC(Cl)c1nnc(NCCCOc2ccccc2)o1. The Morgan fingerprint density at radius 1 is 1.32 bits per heavy atom. The lowest BCUT2D eigenvalue weighted by Gasteiger charge is -2.05. The zero-order valence-corrected chi connectivity index (χ0v) is 11.4. The molecule has 0 fully saturated rings. The average Bonchev–Trinajstić information content (AvgIpc) is 2.89. The molecular formula is C13H16ClN3O2. The Hall–Kier alpha value is -1.75. The van der Waals surface area contributed by atoms with Gasteiger partial charge in [0.25, 0.3) is 0 Å². The molecule has 0 saturated heterocycles. The second-order valence-electron chi connectivity index (χ2n) is 4.00. The molecule has 0 radical (unpaired) electrons. The second kappa shape index (κ2) is 6.99. The van der Waals surface area contributed by atoms with Crippen molar-refractivity contribution < 1.29 is 9.15 Å². The first kappa shape index (κ1) is 13.7. The molecule has 1 aromatic heterocycles. The molecule has 6 heteroatoms. The molecule has 0 spiro atoms. The van der Waals surface area contributed by atoms with Gasteiger partial charge in [-0.05, 0) is 25.5 Å². The van der Waals surface area contributed by atoms with Crippen LogP contribution in [0.15, 0.2) is 34.7 Å². The number of hydrogen-bond donors (Lipinski definition) is 1. The van der Waals surface area contributed by atoms with Gasteiger partial charge in [-0.3, -0.25) is 0 Å². The molecule has 1 aromatic carbocycles. The molecule has 1 N–H and O–H groups in total. The molecule has 2 aromatic rings. The lowest BCUT2D eigenvalue weighted by Crippen LogP contribution is -2.07. The molecule has 19 heavy (non-hydrogen) atoms. The van der Waals surface area contributed by atoms with Crippen molar-refractivity contribution in [2.24, 2.45) is 0 Å². The molecular weight excluding hydrogens is 266 g/mol. The van der Waals surface area contributed by atoms with Crippen LogP contribution in [0.25, 0.3) is 0 Å². The van der Waals surface area contributed by atoms with Gasteiger partial charge in [-0.25, -0.2) is 0 Å². The van der Waals surface area contributed by atoms with Crippen molar-refractivity contribution in [1.29, 1.82) is 0 Å². The van der Waals surface area contributed by atoms with Crippen LogP contribution in [0.4, 0.5) is 6.01 Å². The number of rotatable bonds is 7. The van der Waals surface area contributed by atoms with E-state index in [0.717, 1.165) is 12.2 Å². The Labute approximate surface area is 116 Å². The Kier molecular flexibility index (Phi) is 5.03. The van der Waals surface area contributed by atoms with E-state index in [2.05, 4.69) is 15.5 Å². The van der Waals surface area contributed by atoms with Crippen molar-refractivity contribution in [1.82, 2.24) is 10.2 Å². The standard InChI is InChI=1S/C13H16ClN3O2/c1-10(14)12-16-17-13(19-12)15-8-5-9-18-11-6-3-2-4-7-11/h2-4,6-7,10H,5,8-9H2,1H3,(H,15,17). The molecule has 0 amide bonds. The number of benzene rings is 1. The van der Waals surface area contributed by atoms with E-state index in [1.165, 1.54) is 0 Å². The van der Waals surface area contributed by atoms with Gasteiger partial charge in [-0.2, -0.15) is 0 Å². The lowest BCUT2D eigenvalue weighted by atomic mass is 10.3. The van der Waals surface area contributed by atoms with Crippen LogP contribution in [-0.2, 0) is 0 Å². The molecule has 2 rings (SSSR count). The number of nitrogens with zero attached hydrogens (tertiary/aromatic N) is 2. The lowest BCUT2D eigenvalue weighted by molar-refractivity contribution is 0.314. The van der Waals surface area contributed by atoms with Gasteiger partial charge in [0.05, 0.1) is 6.61 Å². The Balaban J connectivity index is 1.64. The highest BCUT2D eigenvalue weighted by molar-refractivity contribution is 6.20. The van der Waals surface area contributed by atoms with Crippen molar-refractivity contribution >= 4 is 17.6 Å². The average molecular weight is 282 g/mol. The maximum absolute atomic E-state index is 5.82. The summed E-state index contributed by atoms with van der Waals surface area (Å²) < 4.78 is 10.9. The van der Waals surface area contributed by atoms with Gasteiger partial charge >= 0.3 is 6.01 Å². The molecule has 1 atom stereocenters. The summed E-state index contributed by atoms with van der Waals surface area (Å²) >= 11 is 5.82. The van der Waals surface area contributed by atoms with Crippen LogP contribution in [0, 0.1) is 0 Å². The van der Waals surface area contributed by atoms with Gasteiger partial charge in [0.1, 0.15) is 11.1 Å². The third kappa shape index (κ3) is 4.44. The molecule has 5 nitrogen and oxygen atoms in total. The smallest absolute Gasteiger partial charge is 0.315 e. The van der Waals surface area contributed by atoms with Crippen LogP contribution < -0.4 is 10.1 Å². The monoisotopic (exact) mass is 281 g/mol. The largest absolute Gasteiger partial charge is 0.494 e. The summed E-state index contributed by atoms with van der Waals surface area (Å²) in [5, 5.41) is 10.4. The molecule has 0 bridgehead atoms. The van der Waals surface area contributed by atoms with E-state index in [0.29, 0.717) is 25.1 Å². The fourth-order valence-electron chi connectivity index (χ4n) is 1.44. The van der Waals surface area contributed by atoms with Gasteiger partial charge in [0.15, 0.2) is 0 Å². The summed E-state index contributed by atoms with van der Waals surface area (Å²) in [4.78, 5) is 0. The Morgan fingerprint density at radius 3 is 2.79 bits per heavy atom. The highest BCUT2D eigenvalue weighted by atomic mass is 35.5. The third-order valence-electron chi connectivity index (χ3n) is 2.39. The van der Waals surface area contributed by atoms with Crippen molar-refractivity contribution in [3.63, 3.8) is 0 Å². The number of para-hydroxylation sites is 1. The number of hydrogen-bond acceptors (Lipinski definition) is 5. The number of alkyl halides is 1. The van der Waals surface area contributed by atoms with E-state index in [1.807, 2.05) is 30.3 Å². The quantitative estimate of drug-likeness (QED) is 0.623. The minimum Gasteiger partial charge on any atom is -0.494 e. The number of aromatic nitrogens is 2. The topological polar surface area (TPSA) is 60.2 Å². The summed E-state index contributed by atoms with van der Waals surface area (Å²) in [5.74, 6) is 1.29. The van der Waals surface area contributed by atoms with Crippen LogP contribution in [0.2, 0.25) is 0 Å². The number of anilines is 1. The zero-order valence-electron chi connectivity index (χ0n) is 10.7. The zero-order chi connectivity index (χ0) is 13.5. The summed E-state index contributed by atoms with van der Waals surface area (Å²) in [6.45, 7) is 3.11. The van der Waals surface area contributed by atoms with Crippen LogP contribution in [0.1, 0.15) is 24.6 Å². The summed E-state index contributed by atoms with van der Waals surface area (Å²) in [6, 6.07) is 10.1. The van der Waals surface area contributed by atoms with E-state index in [1.54, 1.807) is 6.92 Å². The van der Waals surface area contributed by atoms with Crippen molar-refractivity contribution in [3.05, 3.63) is 36.2 Å². The van der Waals surface area contributed by atoms with Gasteiger partial charge in [0.2, 0.25) is 5.89 Å². The van der Waals surface area contributed by atoms with Crippen LogP contribution in [-0.4, -0.2) is 23.3 Å². The van der Waals surface area contributed by atoms with Crippen molar-refractivity contribution in [3.8, 4) is 5.75 Å². The first-order chi connectivity index (χ1) is 9.25. The summed E-state index contributed by atoms with van der Waals surface area (Å²) in [7, 11) is 0. The van der Waals surface area contributed by atoms with Gasteiger partial charge in [-0.1, -0.05) is 23.3 Å². The first-order valence-electron chi connectivity index (χ1n) is 6.15. The fourth-order valence-corrected chi connectivity index (χ4v) is 1.53. The number of nitrogens with one attached hydrogen (secondary N) is 1. The molecule has 1 heterocycles. The van der Waals surface area contributed by atoms with Crippen LogP contribution in [0.3, 0.4) is 0 Å². The third-order valence-corrected chi connectivity index (χ3v) is 2.58. The highest BCUT2D eigenvalue weighted by Crippen LogP contribution is 2.19. The fraction of sp³-hybridized carbons (Fsp3) is 0.385. The molecule has 0 aliphatic rings. The van der Waals surface area contributed by atoms with Crippen LogP contribution >= 0.6 is 11.6 Å². The van der Waals surface area contributed by atoms with E-state index < -0.39 is 0 Å². The van der Waals surface area contributed by atoms with Gasteiger partial charge in [0, 0.05) is 6.54 Å². The maximum Gasteiger partial charge on any atom is 0.315 e. The van der Waals surface area contributed by atoms with Gasteiger partial charge in [-0.15, -0.1) is 16.7 Å². The van der Waals surface area contributed by atoms with Crippen molar-refractivity contribution in [2.75, 3.05) is 18.5 Å².